The summed E-state index contributed by atoms with van der Waals surface area (Å²) in [5.41, 5.74) is 2.16. The van der Waals surface area contributed by atoms with E-state index in [0.29, 0.717) is 46.7 Å². The number of piperidine rings is 1. The molecule has 0 amide bonds. The Hall–Kier alpha value is -1.16. The van der Waals surface area contributed by atoms with Crippen molar-refractivity contribution in [2.24, 2.45) is 5.14 Å². The number of fused-ring (bicyclic) bond motifs is 2. The molecule has 2 atom stereocenters. The molecule has 3 aliphatic rings. The van der Waals surface area contributed by atoms with Gasteiger partial charge in [-0.05, 0) is 50.7 Å². The van der Waals surface area contributed by atoms with E-state index in [1.54, 1.807) is 18.2 Å². The Balaban J connectivity index is 1.38. The third kappa shape index (κ3) is 3.78. The van der Waals surface area contributed by atoms with Crippen molar-refractivity contribution in [1.82, 2.24) is 9.46 Å². The van der Waals surface area contributed by atoms with Crippen molar-refractivity contribution in [2.75, 3.05) is 0 Å². The number of nitrogens with two attached hydrogens (primary N) is 1. The van der Waals surface area contributed by atoms with E-state index in [0.717, 1.165) is 37.0 Å². The van der Waals surface area contributed by atoms with Gasteiger partial charge in [0.2, 0.25) is 0 Å². The van der Waals surface area contributed by atoms with Crippen molar-refractivity contribution in [1.29, 1.82) is 0 Å². The van der Waals surface area contributed by atoms with Crippen LogP contribution >= 0.6 is 23.2 Å². The zero-order valence-corrected chi connectivity index (χ0v) is 18.6. The molecule has 1 saturated carbocycles. The highest BCUT2D eigenvalue weighted by Crippen LogP contribution is 2.46. The van der Waals surface area contributed by atoms with E-state index in [1.165, 1.54) is 4.31 Å². The van der Waals surface area contributed by atoms with Crippen LogP contribution in [0.5, 0.6) is 0 Å². The number of hydrogen-bond donors (Lipinski definition) is 1. The summed E-state index contributed by atoms with van der Waals surface area (Å²) < 4.78 is 37.3. The van der Waals surface area contributed by atoms with Crippen LogP contribution in [0.2, 0.25) is 10.0 Å². The first-order valence-corrected chi connectivity index (χ1v) is 12.4. The number of aromatic nitrogens is 1. The maximum Gasteiger partial charge on any atom is 0.277 e. The van der Waals surface area contributed by atoms with Gasteiger partial charge < -0.3 is 9.26 Å². The molecule has 10 heteroatoms. The second-order valence-corrected chi connectivity index (χ2v) is 10.7. The Kier molecular flexibility index (Phi) is 5.36. The van der Waals surface area contributed by atoms with Crippen molar-refractivity contribution in [3.05, 3.63) is 39.6 Å². The van der Waals surface area contributed by atoms with E-state index in [9.17, 15) is 8.42 Å². The molecule has 162 valence electrons. The Bertz CT molecular complexity index is 1040. The minimum atomic E-state index is -3.68. The van der Waals surface area contributed by atoms with Crippen molar-refractivity contribution in [3.8, 4) is 11.3 Å². The second-order valence-electron chi connectivity index (χ2n) is 8.41. The maximum atomic E-state index is 11.9. The summed E-state index contributed by atoms with van der Waals surface area (Å²) in [6.45, 7) is 0.325. The van der Waals surface area contributed by atoms with Crippen LogP contribution in [0.15, 0.2) is 22.7 Å². The average molecular weight is 472 g/mol. The Morgan fingerprint density at radius 3 is 2.33 bits per heavy atom. The monoisotopic (exact) mass is 471 g/mol. The van der Waals surface area contributed by atoms with Crippen LogP contribution in [-0.2, 0) is 21.6 Å². The van der Waals surface area contributed by atoms with Gasteiger partial charge in [-0.2, -0.15) is 12.7 Å². The van der Waals surface area contributed by atoms with E-state index in [4.69, 9.17) is 37.6 Å². The lowest BCUT2D eigenvalue weighted by Crippen LogP contribution is -2.50. The molecule has 5 rings (SSSR count). The molecule has 2 N–H and O–H groups in total. The van der Waals surface area contributed by atoms with Crippen LogP contribution in [0.3, 0.4) is 0 Å². The zero-order chi connectivity index (χ0) is 21.0. The minimum absolute atomic E-state index is 0.0444. The number of hydrogen-bond acceptors (Lipinski definition) is 5. The van der Waals surface area contributed by atoms with E-state index in [1.807, 2.05) is 0 Å². The van der Waals surface area contributed by atoms with Crippen molar-refractivity contribution in [3.63, 3.8) is 0 Å². The van der Waals surface area contributed by atoms with Gasteiger partial charge in [0.15, 0.2) is 0 Å². The van der Waals surface area contributed by atoms with Gasteiger partial charge in [0.1, 0.15) is 11.5 Å². The fourth-order valence-electron chi connectivity index (χ4n) is 4.89. The summed E-state index contributed by atoms with van der Waals surface area (Å²) in [4.78, 5) is 0. The normalized spacial score (nSPS) is 27.0. The molecule has 1 aromatic heterocycles. The van der Waals surface area contributed by atoms with Crippen LogP contribution in [0.1, 0.15) is 55.8 Å². The molecule has 0 radical (unpaired) electrons. The molecule has 0 spiro atoms. The smallest absolute Gasteiger partial charge is 0.277 e. The van der Waals surface area contributed by atoms with E-state index in [2.05, 4.69) is 5.16 Å². The Morgan fingerprint density at radius 1 is 1.13 bits per heavy atom. The molecule has 1 aliphatic carbocycles. The summed E-state index contributed by atoms with van der Waals surface area (Å²) in [7, 11) is -3.68. The Labute approximate surface area is 185 Å². The van der Waals surface area contributed by atoms with Crippen LogP contribution < -0.4 is 5.14 Å². The van der Waals surface area contributed by atoms with Crippen molar-refractivity contribution < 1.29 is 17.7 Å². The molecule has 30 heavy (non-hydrogen) atoms. The number of benzene rings is 1. The summed E-state index contributed by atoms with van der Waals surface area (Å²) in [6.07, 6.45) is 5.00. The van der Waals surface area contributed by atoms with Crippen LogP contribution in [-0.4, -0.2) is 36.1 Å². The molecule has 2 unspecified atom stereocenters. The van der Waals surface area contributed by atoms with Crippen LogP contribution in [0.4, 0.5) is 0 Å². The lowest BCUT2D eigenvalue weighted by molar-refractivity contribution is -0.00852. The second kappa shape index (κ2) is 7.76. The lowest BCUT2D eigenvalue weighted by Gasteiger charge is -2.36. The highest BCUT2D eigenvalue weighted by Gasteiger charge is 2.46. The van der Waals surface area contributed by atoms with Gasteiger partial charge in [0, 0.05) is 29.1 Å². The van der Waals surface area contributed by atoms with Gasteiger partial charge in [-0.15, -0.1) is 0 Å². The van der Waals surface area contributed by atoms with E-state index in [-0.39, 0.29) is 18.2 Å². The fraction of sp³-hybridized carbons (Fsp3) is 0.550. The maximum absolute atomic E-state index is 11.9. The van der Waals surface area contributed by atoms with Crippen LogP contribution in [0.25, 0.3) is 11.3 Å². The number of rotatable bonds is 6. The van der Waals surface area contributed by atoms with Gasteiger partial charge in [-0.1, -0.05) is 34.4 Å². The van der Waals surface area contributed by atoms with E-state index >= 15 is 0 Å². The molecule has 2 bridgehead atoms. The first kappa shape index (κ1) is 20.7. The molecular weight excluding hydrogens is 449 g/mol. The van der Waals surface area contributed by atoms with Crippen molar-refractivity contribution >= 4 is 33.4 Å². The predicted octanol–water partition coefficient (Wildman–Crippen LogP) is 4.24. The largest absolute Gasteiger partial charge is 0.373 e. The number of ether oxygens (including phenoxy) is 1. The molecule has 3 fully saturated rings. The molecule has 2 saturated heterocycles. The quantitative estimate of drug-likeness (QED) is 0.678. The summed E-state index contributed by atoms with van der Waals surface area (Å²) in [5.74, 6) is 1.19. The first-order chi connectivity index (χ1) is 14.3. The molecule has 3 heterocycles. The number of halogens is 2. The lowest BCUT2D eigenvalue weighted by atomic mass is 10.0. The van der Waals surface area contributed by atoms with Gasteiger partial charge in [-0.3, -0.25) is 0 Å². The third-order valence-corrected chi connectivity index (χ3v) is 8.16. The molecule has 1 aromatic carbocycles. The predicted molar refractivity (Wildman–Crippen MR) is 114 cm³/mol. The summed E-state index contributed by atoms with van der Waals surface area (Å²) >= 11 is 12.8. The molecule has 2 aliphatic heterocycles. The standard InChI is InChI=1S/C20H23Cl2N3O4S/c21-16-2-1-3-17(22)18(16)19-15(20(29-24-19)11-4-5-11)10-28-14-8-12-6-7-13(9-14)25(12)30(23,26)27/h1-3,11-14H,4-10H2,(H2,23,26,27). The van der Waals surface area contributed by atoms with E-state index < -0.39 is 10.2 Å². The highest BCUT2D eigenvalue weighted by atomic mass is 35.5. The van der Waals surface area contributed by atoms with Gasteiger partial charge >= 0.3 is 0 Å². The Morgan fingerprint density at radius 2 is 1.77 bits per heavy atom. The molecular formula is C20H23Cl2N3O4S. The average Bonchev–Trinajstić information content (AvgIpc) is 3.37. The summed E-state index contributed by atoms with van der Waals surface area (Å²) in [5, 5.41) is 10.7. The van der Waals surface area contributed by atoms with Crippen LogP contribution in [0, 0.1) is 0 Å². The molecule has 7 nitrogen and oxygen atoms in total. The summed E-state index contributed by atoms with van der Waals surface area (Å²) in [6, 6.07) is 5.17. The fourth-order valence-corrected chi connectivity index (χ4v) is 6.68. The molecule has 2 aromatic rings. The highest BCUT2D eigenvalue weighted by molar-refractivity contribution is 7.86. The van der Waals surface area contributed by atoms with Gasteiger partial charge in [0.25, 0.3) is 10.2 Å². The van der Waals surface area contributed by atoms with Gasteiger partial charge in [0.05, 0.1) is 22.8 Å². The van der Waals surface area contributed by atoms with Crippen molar-refractivity contribution in [2.45, 2.75) is 69.2 Å². The van der Waals surface area contributed by atoms with Gasteiger partial charge in [-0.25, -0.2) is 5.14 Å². The third-order valence-electron chi connectivity index (χ3n) is 6.35. The number of nitrogens with zero attached hydrogens (tertiary/aromatic N) is 2. The zero-order valence-electron chi connectivity index (χ0n) is 16.3. The topological polar surface area (TPSA) is 98.7 Å². The minimum Gasteiger partial charge on any atom is -0.373 e. The SMILES string of the molecule is NS(=O)(=O)N1C2CCC1CC(OCc1c(-c3c(Cl)cccc3Cl)noc1C1CC1)C2. The first-order valence-electron chi connectivity index (χ1n) is 10.2.